The lowest BCUT2D eigenvalue weighted by molar-refractivity contribution is -0.716. The van der Waals surface area contributed by atoms with Crippen LogP contribution in [0.25, 0.3) is 109 Å². The van der Waals surface area contributed by atoms with Crippen molar-refractivity contribution in [3.63, 3.8) is 0 Å². The van der Waals surface area contributed by atoms with Gasteiger partial charge in [0.05, 0.1) is 16.7 Å². The van der Waals surface area contributed by atoms with E-state index < -0.39 is 0 Å². The number of nitrogens with zero attached hydrogens (tertiary/aromatic N) is 3. The molecular formula is C73H56N3O3+3. The van der Waals surface area contributed by atoms with Gasteiger partial charge in [-0.25, -0.2) is 0 Å². The number of pyridine rings is 3. The van der Waals surface area contributed by atoms with Crippen molar-refractivity contribution < 1.29 is 27.9 Å². The van der Waals surface area contributed by atoms with E-state index in [0.717, 1.165) is 17.2 Å². The summed E-state index contributed by atoms with van der Waals surface area (Å²) in [5.41, 5.74) is 18.6. The molecule has 13 aromatic rings. The molecule has 3 aromatic heterocycles. The minimum atomic E-state index is -0.0568. The van der Waals surface area contributed by atoms with Crippen molar-refractivity contribution >= 4 is 75.7 Å². The van der Waals surface area contributed by atoms with E-state index in [-0.39, 0.29) is 16.2 Å². The molecule has 0 spiro atoms. The molecule has 3 aliphatic heterocycles. The highest BCUT2D eigenvalue weighted by Crippen LogP contribution is 2.58. The van der Waals surface area contributed by atoms with Crippen LogP contribution in [0, 0.1) is 0 Å². The summed E-state index contributed by atoms with van der Waals surface area (Å²) in [6.07, 6.45) is 2.23. The largest absolute Gasteiger partial charge is 0.434 e. The Balaban J connectivity index is 0.0000000956. The smallest absolute Gasteiger partial charge is 0.293 e. The first-order valence-electron chi connectivity index (χ1n) is 27.8. The molecule has 10 aromatic carbocycles. The molecule has 0 saturated carbocycles. The molecule has 378 valence electrons. The molecule has 0 amide bonds. The molecule has 6 aliphatic rings. The van der Waals surface area contributed by atoms with Gasteiger partial charge in [0, 0.05) is 77.4 Å². The van der Waals surface area contributed by atoms with Gasteiger partial charge in [-0.2, -0.15) is 13.7 Å². The van der Waals surface area contributed by atoms with Crippen LogP contribution >= 0.6 is 0 Å². The quantitative estimate of drug-likeness (QED) is 0.112. The normalized spacial score (nSPS) is 15.9. The lowest BCUT2D eigenvalue weighted by Crippen LogP contribution is -2.42. The van der Waals surface area contributed by atoms with Crippen LogP contribution in [0.15, 0.2) is 194 Å². The van der Waals surface area contributed by atoms with E-state index in [1.165, 1.54) is 143 Å². The van der Waals surface area contributed by atoms with Crippen LogP contribution in [-0.4, -0.2) is 0 Å². The van der Waals surface area contributed by atoms with Gasteiger partial charge in [-0.3, -0.25) is 0 Å². The summed E-state index contributed by atoms with van der Waals surface area (Å²) in [4.78, 5) is 0. The fourth-order valence-corrected chi connectivity index (χ4v) is 14.9. The molecule has 6 heteroatoms. The third kappa shape index (κ3) is 5.93. The molecule has 6 heterocycles. The van der Waals surface area contributed by atoms with E-state index in [0.29, 0.717) is 20.2 Å². The summed E-state index contributed by atoms with van der Waals surface area (Å²) in [7, 11) is 0. The van der Waals surface area contributed by atoms with Crippen molar-refractivity contribution in [1.29, 1.82) is 0 Å². The molecular weight excluding hydrogens is 967 g/mol. The Hall–Kier alpha value is -9.13. The molecule has 79 heavy (non-hydrogen) atoms. The average molecular weight is 1020 g/mol. The molecule has 3 aliphatic carbocycles. The molecule has 0 saturated heterocycles. The second-order valence-electron chi connectivity index (χ2n) is 24.1. The van der Waals surface area contributed by atoms with Crippen molar-refractivity contribution in [3.05, 3.63) is 228 Å². The first-order valence-corrected chi connectivity index (χ1v) is 27.8. The maximum atomic E-state index is 6.45. The maximum Gasteiger partial charge on any atom is 0.293 e. The number of para-hydroxylation sites is 1. The number of ether oxygens (including phenoxy) is 3. The lowest BCUT2D eigenvalue weighted by Gasteiger charge is -2.21. The predicted octanol–water partition coefficient (Wildman–Crippen LogP) is 16.0. The van der Waals surface area contributed by atoms with Crippen molar-refractivity contribution in [2.24, 2.45) is 0 Å². The molecule has 6 nitrogen and oxygen atoms in total. The van der Waals surface area contributed by atoms with Gasteiger partial charge >= 0.3 is 0 Å². The van der Waals surface area contributed by atoms with Crippen LogP contribution in [-0.2, 0) is 36.4 Å². The van der Waals surface area contributed by atoms with E-state index >= 15 is 0 Å². The summed E-state index contributed by atoms with van der Waals surface area (Å²) >= 11 is 0. The topological polar surface area (TPSA) is 39.3 Å². The van der Waals surface area contributed by atoms with Crippen molar-refractivity contribution in [2.75, 3.05) is 0 Å². The Labute approximate surface area is 457 Å². The van der Waals surface area contributed by atoms with Crippen LogP contribution < -0.4 is 27.9 Å². The standard InChI is InChI=1S/C27H20NO.2C23H18NO/c1-27(2)21-12-18-9-5-6-10-20(18)26-24(21)25-22(27)13-19-11-16-7-3-4-8-17(16)14-23(19)28(25)15-29-26;1-23(2)18-11-14-7-3-6-10-17(14)22-19(18)21-20(23)16-9-5-4-8-15(16)12-24(21)13-25-22;1-23(2)17-11-14-7-3-5-9-16(14)22-20(17)21-18(23)12-15-8-4-6-10-19(15)24(21)13-25-22/h3-14H,15H2,1-2H3;2*3-12H,13H2,1-2H3/q3*+1. The van der Waals surface area contributed by atoms with Gasteiger partial charge in [0.15, 0.2) is 6.20 Å². The zero-order valence-corrected chi connectivity index (χ0v) is 45.2. The van der Waals surface area contributed by atoms with Gasteiger partial charge in [0.25, 0.3) is 20.2 Å². The van der Waals surface area contributed by atoms with Crippen LogP contribution in [0.4, 0.5) is 0 Å². The van der Waals surface area contributed by atoms with Gasteiger partial charge in [-0.1, -0.05) is 169 Å². The number of rotatable bonds is 0. The molecule has 0 fully saturated rings. The van der Waals surface area contributed by atoms with E-state index in [9.17, 15) is 0 Å². The third-order valence-corrected chi connectivity index (χ3v) is 18.8. The molecule has 0 atom stereocenters. The SMILES string of the molecule is CC1(C)c2cc3ccccc3c3c2-c2c1c1ccccc1c[n+]2CO3.CC1(C)c2cc3ccccc3c3c2-c2c1cc1cc4ccccc4cc1[n+]2CO3.CC1(C)c2cc3ccccc3c3c2-c2c1cc1ccccc1[n+]2CO3. The highest BCUT2D eigenvalue weighted by atomic mass is 16.5. The highest BCUT2D eigenvalue weighted by molar-refractivity contribution is 6.05. The van der Waals surface area contributed by atoms with E-state index in [4.69, 9.17) is 14.2 Å². The first-order chi connectivity index (χ1) is 38.4. The maximum absolute atomic E-state index is 6.45. The third-order valence-electron chi connectivity index (χ3n) is 18.8. The predicted molar refractivity (Wildman–Crippen MR) is 317 cm³/mol. The summed E-state index contributed by atoms with van der Waals surface area (Å²) in [5, 5.41) is 15.1. The van der Waals surface area contributed by atoms with Crippen LogP contribution in [0.5, 0.6) is 17.2 Å². The minimum Gasteiger partial charge on any atom is -0.434 e. The molecule has 0 unspecified atom stereocenters. The van der Waals surface area contributed by atoms with E-state index in [1.54, 1.807) is 0 Å². The Bertz CT molecular complexity index is 4820. The minimum absolute atomic E-state index is 0.0249. The summed E-state index contributed by atoms with van der Waals surface area (Å²) < 4.78 is 26.1. The lowest BCUT2D eigenvalue weighted by atomic mass is 9.80. The van der Waals surface area contributed by atoms with Gasteiger partial charge < -0.3 is 14.2 Å². The fourth-order valence-electron chi connectivity index (χ4n) is 14.9. The monoisotopic (exact) mass is 1020 g/mol. The molecule has 19 rings (SSSR count). The number of hydrogen-bond acceptors (Lipinski definition) is 3. The number of hydrogen-bond donors (Lipinski definition) is 0. The van der Waals surface area contributed by atoms with Gasteiger partial charge in [0.2, 0.25) is 28.1 Å². The van der Waals surface area contributed by atoms with Gasteiger partial charge in [-0.15, -0.1) is 0 Å². The Kier molecular flexibility index (Phi) is 8.84. The van der Waals surface area contributed by atoms with Crippen LogP contribution in [0.2, 0.25) is 0 Å². The zero-order chi connectivity index (χ0) is 52.8. The summed E-state index contributed by atoms with van der Waals surface area (Å²) in [6, 6.07) is 68.1. The number of fused-ring (bicyclic) bond motifs is 13. The van der Waals surface area contributed by atoms with E-state index in [2.05, 4.69) is 249 Å². The molecule has 0 N–H and O–H groups in total. The second-order valence-corrected chi connectivity index (χ2v) is 24.1. The van der Waals surface area contributed by atoms with E-state index in [1.807, 2.05) is 0 Å². The molecule has 0 bridgehead atoms. The summed E-state index contributed by atoms with van der Waals surface area (Å²) in [6.45, 7) is 15.7. The Morgan fingerprint density at radius 3 is 1.27 bits per heavy atom. The number of benzene rings is 10. The van der Waals surface area contributed by atoms with Gasteiger partial charge in [-0.05, 0) is 97.5 Å². The summed E-state index contributed by atoms with van der Waals surface area (Å²) in [5.74, 6) is 3.15. The van der Waals surface area contributed by atoms with Crippen molar-refractivity contribution in [2.45, 2.75) is 78.0 Å². The van der Waals surface area contributed by atoms with Crippen LogP contribution in [0.1, 0.15) is 74.9 Å². The number of aromatic nitrogens is 3. The zero-order valence-electron chi connectivity index (χ0n) is 45.2. The second kappa shape index (κ2) is 15.5. The highest BCUT2D eigenvalue weighted by Gasteiger charge is 2.50. The van der Waals surface area contributed by atoms with Crippen molar-refractivity contribution in [1.82, 2.24) is 0 Å². The fraction of sp³-hybridized carbons (Fsp3) is 0.164. The Morgan fingerprint density at radius 2 is 0.709 bits per heavy atom. The Morgan fingerprint density at radius 1 is 0.316 bits per heavy atom. The average Bonchev–Trinajstić information content (AvgIpc) is 4.21. The molecule has 0 radical (unpaired) electrons. The van der Waals surface area contributed by atoms with Crippen molar-refractivity contribution in [3.8, 4) is 51.0 Å². The van der Waals surface area contributed by atoms with Gasteiger partial charge in [0.1, 0.15) is 17.2 Å². The first kappa shape index (κ1) is 44.9. The van der Waals surface area contributed by atoms with Crippen LogP contribution in [0.3, 0.4) is 0 Å².